The molecule has 3 rings (SSSR count). The number of anilines is 1. The molecule has 2 aromatic carbocycles. The van der Waals surface area contributed by atoms with Crippen LogP contribution in [0.2, 0.25) is 5.02 Å². The highest BCUT2D eigenvalue weighted by atomic mass is 35.5. The second-order valence-corrected chi connectivity index (χ2v) is 6.66. The summed E-state index contributed by atoms with van der Waals surface area (Å²) in [4.78, 5) is 26.9. The van der Waals surface area contributed by atoms with Crippen LogP contribution in [0, 0.1) is 10.1 Å². The Morgan fingerprint density at radius 2 is 1.93 bits per heavy atom. The molecule has 1 aliphatic heterocycles. The van der Waals surface area contributed by atoms with E-state index < -0.39 is 4.92 Å². The number of hydrogen-bond donors (Lipinski definition) is 0. The van der Waals surface area contributed by atoms with Gasteiger partial charge in [-0.3, -0.25) is 14.9 Å². The van der Waals surface area contributed by atoms with Crippen LogP contribution >= 0.6 is 11.6 Å². The van der Waals surface area contributed by atoms with E-state index in [-0.39, 0.29) is 24.0 Å². The molecule has 2 aromatic rings. The zero-order valence-electron chi connectivity index (χ0n) is 15.3. The molecule has 0 aromatic heterocycles. The zero-order valence-corrected chi connectivity index (χ0v) is 16.1. The van der Waals surface area contributed by atoms with Gasteiger partial charge < -0.3 is 19.3 Å². The third kappa shape index (κ3) is 4.64. The smallest absolute Gasteiger partial charge is 0.314 e. The van der Waals surface area contributed by atoms with Gasteiger partial charge in [-0.15, -0.1) is 0 Å². The van der Waals surface area contributed by atoms with E-state index in [0.717, 1.165) is 5.69 Å². The molecule has 0 spiro atoms. The zero-order chi connectivity index (χ0) is 20.1. The van der Waals surface area contributed by atoms with Crippen LogP contribution in [-0.2, 0) is 4.79 Å². The predicted octanol–water partition coefficient (Wildman–Crippen LogP) is 2.98. The minimum absolute atomic E-state index is 0.0386. The average molecular weight is 406 g/mol. The first kappa shape index (κ1) is 19.8. The van der Waals surface area contributed by atoms with Crippen molar-refractivity contribution in [1.29, 1.82) is 0 Å². The minimum atomic E-state index is -0.563. The number of methoxy groups -OCH3 is 1. The van der Waals surface area contributed by atoms with Crippen LogP contribution in [-0.4, -0.2) is 55.6 Å². The van der Waals surface area contributed by atoms with Crippen LogP contribution in [0.15, 0.2) is 42.5 Å². The molecule has 0 saturated carbocycles. The average Bonchev–Trinajstić information content (AvgIpc) is 2.72. The maximum absolute atomic E-state index is 12.4. The Bertz CT molecular complexity index is 868. The van der Waals surface area contributed by atoms with Gasteiger partial charge in [0.25, 0.3) is 5.91 Å². The van der Waals surface area contributed by atoms with Crippen molar-refractivity contribution >= 4 is 28.9 Å². The third-order valence-electron chi connectivity index (χ3n) is 4.52. The highest BCUT2D eigenvalue weighted by Crippen LogP contribution is 2.31. The minimum Gasteiger partial charge on any atom is -0.496 e. The summed E-state index contributed by atoms with van der Waals surface area (Å²) >= 11 is 6.03. The summed E-state index contributed by atoms with van der Waals surface area (Å²) in [6, 6.07) is 11.8. The second-order valence-electron chi connectivity index (χ2n) is 6.23. The topological polar surface area (TPSA) is 85.2 Å². The van der Waals surface area contributed by atoms with Crippen molar-refractivity contribution in [2.24, 2.45) is 0 Å². The van der Waals surface area contributed by atoms with Crippen molar-refractivity contribution in [3.8, 4) is 11.5 Å². The van der Waals surface area contributed by atoms with Gasteiger partial charge >= 0.3 is 5.69 Å². The highest BCUT2D eigenvalue weighted by molar-refractivity contribution is 6.30. The Morgan fingerprint density at radius 1 is 1.18 bits per heavy atom. The van der Waals surface area contributed by atoms with Crippen molar-refractivity contribution in [2.75, 3.05) is 44.8 Å². The molecular weight excluding hydrogens is 386 g/mol. The van der Waals surface area contributed by atoms with Gasteiger partial charge in [-0.05, 0) is 30.3 Å². The van der Waals surface area contributed by atoms with Gasteiger partial charge in [0.1, 0.15) is 5.75 Å². The lowest BCUT2D eigenvalue weighted by atomic mass is 10.2. The molecule has 1 aliphatic rings. The number of rotatable bonds is 6. The summed E-state index contributed by atoms with van der Waals surface area (Å²) in [5.74, 6) is 0.176. The van der Waals surface area contributed by atoms with Gasteiger partial charge in [-0.1, -0.05) is 17.7 Å². The number of nitrogens with zero attached hydrogens (tertiary/aromatic N) is 3. The summed E-state index contributed by atoms with van der Waals surface area (Å²) in [6.45, 7) is 2.17. The first-order valence-corrected chi connectivity index (χ1v) is 9.09. The third-order valence-corrected chi connectivity index (χ3v) is 4.75. The first-order valence-electron chi connectivity index (χ1n) is 8.71. The summed E-state index contributed by atoms with van der Waals surface area (Å²) in [6.07, 6.45) is 0. The molecule has 0 unspecified atom stereocenters. The molecule has 9 heteroatoms. The summed E-state index contributed by atoms with van der Waals surface area (Å²) in [5, 5.41) is 11.9. The SMILES string of the molecule is COc1ccc(OCC(=O)N2CCN(c3cccc(Cl)c3)CC2)c([N+](=O)[O-])c1. The second kappa shape index (κ2) is 8.79. The van der Waals surface area contributed by atoms with Gasteiger partial charge in [-0.25, -0.2) is 0 Å². The quantitative estimate of drug-likeness (QED) is 0.542. The van der Waals surface area contributed by atoms with E-state index in [1.807, 2.05) is 24.3 Å². The van der Waals surface area contributed by atoms with Crippen molar-refractivity contribution in [3.05, 3.63) is 57.6 Å². The lowest BCUT2D eigenvalue weighted by Gasteiger charge is -2.36. The van der Waals surface area contributed by atoms with Gasteiger partial charge in [0.15, 0.2) is 12.4 Å². The van der Waals surface area contributed by atoms with E-state index in [1.54, 1.807) is 11.0 Å². The fourth-order valence-electron chi connectivity index (χ4n) is 3.01. The number of hydrogen-bond acceptors (Lipinski definition) is 6. The molecule has 8 nitrogen and oxygen atoms in total. The molecule has 0 radical (unpaired) electrons. The van der Waals surface area contributed by atoms with Crippen LogP contribution < -0.4 is 14.4 Å². The fourth-order valence-corrected chi connectivity index (χ4v) is 3.19. The maximum atomic E-state index is 12.4. The van der Waals surface area contributed by atoms with Crippen molar-refractivity contribution in [1.82, 2.24) is 4.90 Å². The Morgan fingerprint density at radius 3 is 2.57 bits per heavy atom. The Kier molecular flexibility index (Phi) is 6.20. The Hall–Kier alpha value is -3.00. The van der Waals surface area contributed by atoms with E-state index >= 15 is 0 Å². The largest absolute Gasteiger partial charge is 0.496 e. The molecule has 148 valence electrons. The van der Waals surface area contributed by atoms with Gasteiger partial charge in [0, 0.05) is 36.9 Å². The lowest BCUT2D eigenvalue weighted by molar-refractivity contribution is -0.385. The fraction of sp³-hybridized carbons (Fsp3) is 0.316. The molecule has 0 aliphatic carbocycles. The van der Waals surface area contributed by atoms with Crippen LogP contribution in [0.5, 0.6) is 11.5 Å². The van der Waals surface area contributed by atoms with E-state index in [4.69, 9.17) is 21.1 Å². The number of carbonyl (C=O) groups excluding carboxylic acids is 1. The Labute approximate surface area is 167 Å². The number of halogens is 1. The van der Waals surface area contributed by atoms with Gasteiger partial charge in [0.2, 0.25) is 0 Å². The number of carbonyl (C=O) groups is 1. The molecule has 1 heterocycles. The monoisotopic (exact) mass is 405 g/mol. The Balaban J connectivity index is 1.56. The highest BCUT2D eigenvalue weighted by Gasteiger charge is 2.23. The number of benzene rings is 2. The molecule has 28 heavy (non-hydrogen) atoms. The molecular formula is C19H20ClN3O5. The maximum Gasteiger partial charge on any atom is 0.314 e. The molecule has 1 fully saturated rings. The molecule has 0 atom stereocenters. The number of nitro groups is 1. The van der Waals surface area contributed by atoms with Gasteiger partial charge in [0.05, 0.1) is 18.1 Å². The van der Waals surface area contributed by atoms with Crippen LogP contribution in [0.1, 0.15) is 0 Å². The first-order chi connectivity index (χ1) is 13.5. The van der Waals surface area contributed by atoms with Crippen LogP contribution in [0.4, 0.5) is 11.4 Å². The van der Waals surface area contributed by atoms with E-state index in [2.05, 4.69) is 4.90 Å². The number of piperazine rings is 1. The molecule has 0 N–H and O–H groups in total. The molecule has 0 bridgehead atoms. The molecule has 1 amide bonds. The van der Waals surface area contributed by atoms with Crippen LogP contribution in [0.25, 0.3) is 0 Å². The summed E-state index contributed by atoms with van der Waals surface area (Å²) in [5.41, 5.74) is 0.780. The van der Waals surface area contributed by atoms with E-state index in [0.29, 0.717) is 37.0 Å². The number of ether oxygens (including phenoxy) is 2. The number of amides is 1. The van der Waals surface area contributed by atoms with Crippen molar-refractivity contribution < 1.29 is 19.2 Å². The summed E-state index contributed by atoms with van der Waals surface area (Å²) in [7, 11) is 1.42. The predicted molar refractivity (Wildman–Crippen MR) is 105 cm³/mol. The van der Waals surface area contributed by atoms with Crippen molar-refractivity contribution in [2.45, 2.75) is 0 Å². The van der Waals surface area contributed by atoms with Crippen LogP contribution in [0.3, 0.4) is 0 Å². The van der Waals surface area contributed by atoms with Gasteiger partial charge in [-0.2, -0.15) is 0 Å². The van der Waals surface area contributed by atoms with E-state index in [9.17, 15) is 14.9 Å². The van der Waals surface area contributed by atoms with E-state index in [1.165, 1.54) is 19.2 Å². The lowest BCUT2D eigenvalue weighted by Crippen LogP contribution is -2.50. The molecule has 1 saturated heterocycles. The number of nitro benzene ring substituents is 1. The summed E-state index contributed by atoms with van der Waals surface area (Å²) < 4.78 is 10.4. The standard InChI is InChI=1S/C19H20ClN3O5/c1-27-16-5-6-18(17(12-16)23(25)26)28-13-19(24)22-9-7-21(8-10-22)15-4-2-3-14(20)11-15/h2-6,11-12H,7-10,13H2,1H3. The normalized spacial score (nSPS) is 13.9. The van der Waals surface area contributed by atoms with Crippen molar-refractivity contribution in [3.63, 3.8) is 0 Å².